The number of carbonyl (C=O) groups is 1. The second kappa shape index (κ2) is 4.33. The smallest absolute Gasteiger partial charge is 0.342 e. The van der Waals surface area contributed by atoms with Crippen LogP contribution in [0.1, 0.15) is 10.4 Å². The molecule has 0 bridgehead atoms. The van der Waals surface area contributed by atoms with Crippen LogP contribution in [0, 0.1) is 10.1 Å². The molecule has 0 amide bonds. The van der Waals surface area contributed by atoms with Gasteiger partial charge in [-0.25, -0.2) is 4.79 Å². The third-order valence-corrected chi connectivity index (χ3v) is 2.60. The van der Waals surface area contributed by atoms with E-state index in [-0.39, 0.29) is 5.56 Å². The molecular weight excluding hydrogens is 238 g/mol. The summed E-state index contributed by atoms with van der Waals surface area (Å²) in [5.41, 5.74) is -0.778. The zero-order chi connectivity index (χ0) is 13.3. The number of carboxylic acids is 1. The van der Waals surface area contributed by atoms with E-state index in [0.29, 0.717) is 16.5 Å². The van der Waals surface area contributed by atoms with E-state index < -0.39 is 16.6 Å². The normalized spacial score (nSPS) is 10.3. The summed E-state index contributed by atoms with van der Waals surface area (Å²) >= 11 is 0. The molecule has 2 aromatic carbocycles. The molecule has 92 valence electrons. The predicted octanol–water partition coefficient (Wildman–Crippen LogP) is 2.45. The number of nitrogens with zero attached hydrogens (tertiary/aromatic N) is 1. The Hall–Kier alpha value is -2.63. The Morgan fingerprint density at radius 3 is 2.67 bits per heavy atom. The van der Waals surface area contributed by atoms with Crippen LogP contribution in [0.2, 0.25) is 0 Å². The van der Waals surface area contributed by atoms with Crippen LogP contribution in [0.25, 0.3) is 10.8 Å². The molecule has 0 saturated carbocycles. The first-order chi connectivity index (χ1) is 8.54. The van der Waals surface area contributed by atoms with Crippen molar-refractivity contribution in [2.75, 3.05) is 7.11 Å². The monoisotopic (exact) mass is 247 g/mol. The molecule has 6 nitrogen and oxygen atoms in total. The molecule has 0 fully saturated rings. The van der Waals surface area contributed by atoms with Gasteiger partial charge in [0.25, 0.3) is 5.69 Å². The molecule has 0 aliphatic heterocycles. The van der Waals surface area contributed by atoms with Gasteiger partial charge >= 0.3 is 5.97 Å². The summed E-state index contributed by atoms with van der Waals surface area (Å²) in [5, 5.41) is 20.9. The molecule has 0 radical (unpaired) electrons. The van der Waals surface area contributed by atoms with Crippen molar-refractivity contribution in [1.82, 2.24) is 0 Å². The van der Waals surface area contributed by atoms with Crippen molar-refractivity contribution in [1.29, 1.82) is 0 Å². The number of nitro groups is 1. The molecule has 0 saturated heterocycles. The summed E-state index contributed by atoms with van der Waals surface area (Å²) in [7, 11) is 1.45. The van der Waals surface area contributed by atoms with Crippen molar-refractivity contribution in [2.45, 2.75) is 0 Å². The Morgan fingerprint density at radius 2 is 2.11 bits per heavy atom. The first-order valence-electron chi connectivity index (χ1n) is 5.03. The average molecular weight is 247 g/mol. The van der Waals surface area contributed by atoms with E-state index >= 15 is 0 Å². The number of methoxy groups -OCH3 is 1. The van der Waals surface area contributed by atoms with Crippen LogP contribution in [-0.4, -0.2) is 23.1 Å². The van der Waals surface area contributed by atoms with Crippen molar-refractivity contribution in [3.63, 3.8) is 0 Å². The summed E-state index contributed by atoms with van der Waals surface area (Å²) < 4.78 is 5.10. The maximum absolute atomic E-state index is 11.0. The van der Waals surface area contributed by atoms with Crippen LogP contribution in [0.15, 0.2) is 30.3 Å². The number of ether oxygens (including phenoxy) is 1. The molecule has 0 unspecified atom stereocenters. The van der Waals surface area contributed by atoms with Crippen LogP contribution in [-0.2, 0) is 0 Å². The largest absolute Gasteiger partial charge is 0.496 e. The maximum atomic E-state index is 11.0. The van der Waals surface area contributed by atoms with E-state index in [1.54, 1.807) is 18.2 Å². The quantitative estimate of drug-likeness (QED) is 0.664. The Bertz CT molecular complexity index is 650. The number of hydrogen-bond donors (Lipinski definition) is 1. The number of carboxylic acid groups (broad SMARTS) is 1. The first kappa shape index (κ1) is 11.8. The van der Waals surface area contributed by atoms with Gasteiger partial charge in [0.15, 0.2) is 0 Å². The van der Waals surface area contributed by atoms with Gasteiger partial charge in [-0.05, 0) is 17.5 Å². The second-order valence-electron chi connectivity index (χ2n) is 3.61. The first-order valence-corrected chi connectivity index (χ1v) is 5.03. The van der Waals surface area contributed by atoms with Crippen LogP contribution in [0.4, 0.5) is 5.69 Å². The Labute approximate surface area is 102 Å². The molecule has 0 aromatic heterocycles. The van der Waals surface area contributed by atoms with Gasteiger partial charge in [-0.2, -0.15) is 0 Å². The summed E-state index contributed by atoms with van der Waals surface area (Å²) in [6, 6.07) is 7.51. The lowest BCUT2D eigenvalue weighted by Gasteiger charge is -2.06. The number of fused-ring (bicyclic) bond motifs is 1. The minimum atomic E-state index is -1.34. The van der Waals surface area contributed by atoms with E-state index in [1.165, 1.54) is 19.2 Å². The van der Waals surface area contributed by atoms with Gasteiger partial charge in [-0.15, -0.1) is 0 Å². The Kier molecular flexibility index (Phi) is 2.85. The van der Waals surface area contributed by atoms with Gasteiger partial charge in [-0.3, -0.25) is 10.1 Å². The predicted molar refractivity (Wildman–Crippen MR) is 64.1 cm³/mol. The lowest BCUT2D eigenvalue weighted by atomic mass is 10.0. The van der Waals surface area contributed by atoms with Crippen LogP contribution in [0.3, 0.4) is 0 Å². The molecule has 2 rings (SSSR count). The van der Waals surface area contributed by atoms with Crippen LogP contribution >= 0.6 is 0 Å². The SMILES string of the molecule is COc1cccc2cc([N+](=O)[O-])c(C(=O)O)cc12. The van der Waals surface area contributed by atoms with E-state index in [2.05, 4.69) is 0 Å². The molecule has 0 heterocycles. The van der Waals surface area contributed by atoms with Gasteiger partial charge < -0.3 is 9.84 Å². The van der Waals surface area contributed by atoms with Crippen LogP contribution < -0.4 is 4.74 Å². The molecular formula is C12H9NO5. The summed E-state index contributed by atoms with van der Waals surface area (Å²) in [5.74, 6) is -0.862. The Balaban J connectivity index is 2.84. The van der Waals surface area contributed by atoms with E-state index in [4.69, 9.17) is 9.84 Å². The van der Waals surface area contributed by atoms with E-state index in [9.17, 15) is 14.9 Å². The van der Waals surface area contributed by atoms with Gasteiger partial charge in [0.1, 0.15) is 11.3 Å². The highest BCUT2D eigenvalue weighted by Gasteiger charge is 2.21. The van der Waals surface area contributed by atoms with Crippen molar-refractivity contribution < 1.29 is 19.6 Å². The third-order valence-electron chi connectivity index (χ3n) is 2.60. The fourth-order valence-corrected chi connectivity index (χ4v) is 1.78. The van der Waals surface area contributed by atoms with E-state index in [0.717, 1.165) is 0 Å². The molecule has 0 aliphatic rings. The lowest BCUT2D eigenvalue weighted by molar-refractivity contribution is -0.385. The van der Waals surface area contributed by atoms with Gasteiger partial charge in [0.2, 0.25) is 0 Å². The highest BCUT2D eigenvalue weighted by atomic mass is 16.6. The van der Waals surface area contributed by atoms with Crippen molar-refractivity contribution in [3.05, 3.63) is 46.0 Å². The standard InChI is InChI=1S/C12H9NO5/c1-18-11-4-2-3-7-5-10(13(16)17)9(12(14)15)6-8(7)11/h2-6H,1H3,(H,14,15). The van der Waals surface area contributed by atoms with Crippen molar-refractivity contribution in [3.8, 4) is 5.75 Å². The molecule has 0 aliphatic carbocycles. The molecule has 0 spiro atoms. The zero-order valence-corrected chi connectivity index (χ0v) is 9.41. The summed E-state index contributed by atoms with van der Waals surface area (Å²) in [6.45, 7) is 0. The lowest BCUT2D eigenvalue weighted by Crippen LogP contribution is -2.03. The number of benzene rings is 2. The summed E-state index contributed by atoms with van der Waals surface area (Å²) in [6.07, 6.45) is 0. The minimum absolute atomic E-state index is 0.350. The van der Waals surface area contributed by atoms with E-state index in [1.807, 2.05) is 0 Å². The second-order valence-corrected chi connectivity index (χ2v) is 3.61. The molecule has 2 aromatic rings. The maximum Gasteiger partial charge on any atom is 0.342 e. The molecule has 0 atom stereocenters. The molecule has 1 N–H and O–H groups in total. The number of hydrogen-bond acceptors (Lipinski definition) is 4. The van der Waals surface area contributed by atoms with Gasteiger partial charge in [0, 0.05) is 11.5 Å². The minimum Gasteiger partial charge on any atom is -0.496 e. The number of nitro benzene ring substituents is 1. The summed E-state index contributed by atoms with van der Waals surface area (Å²) in [4.78, 5) is 21.2. The van der Waals surface area contributed by atoms with Crippen LogP contribution in [0.5, 0.6) is 5.75 Å². The van der Waals surface area contributed by atoms with Crippen molar-refractivity contribution in [2.24, 2.45) is 0 Å². The zero-order valence-electron chi connectivity index (χ0n) is 9.41. The number of aromatic carboxylic acids is 1. The molecule has 18 heavy (non-hydrogen) atoms. The van der Waals surface area contributed by atoms with Crippen molar-refractivity contribution >= 4 is 22.4 Å². The average Bonchev–Trinajstić information content (AvgIpc) is 2.36. The van der Waals surface area contributed by atoms with Gasteiger partial charge in [0.05, 0.1) is 12.0 Å². The Morgan fingerprint density at radius 1 is 1.39 bits per heavy atom. The van der Waals surface area contributed by atoms with Gasteiger partial charge in [-0.1, -0.05) is 12.1 Å². The highest BCUT2D eigenvalue weighted by Crippen LogP contribution is 2.31. The topological polar surface area (TPSA) is 89.7 Å². The third kappa shape index (κ3) is 1.84. The highest BCUT2D eigenvalue weighted by molar-refractivity contribution is 6.01. The molecule has 6 heteroatoms. The fraction of sp³-hybridized carbons (Fsp3) is 0.0833. The number of rotatable bonds is 3. The fourth-order valence-electron chi connectivity index (χ4n) is 1.78.